The van der Waals surface area contributed by atoms with Crippen LogP contribution < -0.4 is 15.4 Å². The van der Waals surface area contributed by atoms with Crippen LogP contribution in [0.2, 0.25) is 0 Å². The number of rotatable bonds is 12. The molecule has 1 atom stereocenters. The molecule has 0 spiro atoms. The van der Waals surface area contributed by atoms with Gasteiger partial charge in [-0.3, -0.25) is 5.10 Å². The third-order valence-corrected chi connectivity index (χ3v) is 4.95. The molecule has 0 radical (unpaired) electrons. The highest BCUT2D eigenvalue weighted by molar-refractivity contribution is 5.90. The number of carbonyl (C=O) groups excluding carboxylic acids is 1. The van der Waals surface area contributed by atoms with Gasteiger partial charge in [0.2, 0.25) is 0 Å². The van der Waals surface area contributed by atoms with E-state index in [4.69, 9.17) is 14.6 Å². The average molecular weight is 453 g/mol. The number of anilines is 1. The van der Waals surface area contributed by atoms with E-state index in [9.17, 15) is 9.59 Å². The zero-order valence-electron chi connectivity index (χ0n) is 18.6. The summed E-state index contributed by atoms with van der Waals surface area (Å²) in [5.74, 6) is -1.35. The number of H-pyrrole nitrogens is 1. The number of hydrogen-bond donors (Lipinski definition) is 4. The predicted octanol–water partition coefficient (Wildman–Crippen LogP) is 2.81. The Balaban J connectivity index is 1.52. The Morgan fingerprint density at radius 3 is 2.70 bits per heavy atom. The van der Waals surface area contributed by atoms with Crippen LogP contribution in [0.1, 0.15) is 11.1 Å². The fourth-order valence-corrected chi connectivity index (χ4v) is 3.31. The zero-order valence-corrected chi connectivity index (χ0v) is 18.6. The number of para-hydroxylation sites is 1. The number of nitrogens with one attached hydrogen (secondary N) is 3. The van der Waals surface area contributed by atoms with Gasteiger partial charge in [-0.1, -0.05) is 18.2 Å². The number of carboxylic acid groups (broad SMARTS) is 1. The summed E-state index contributed by atoms with van der Waals surface area (Å²) in [5.41, 5.74) is 4.35. The van der Waals surface area contributed by atoms with Crippen LogP contribution in [-0.2, 0) is 14.3 Å². The van der Waals surface area contributed by atoms with E-state index in [1.165, 1.54) is 11.1 Å². The lowest BCUT2D eigenvalue weighted by Gasteiger charge is -2.19. The number of fused-ring (bicyclic) bond motifs is 1. The second kappa shape index (κ2) is 11.7. The first kappa shape index (κ1) is 23.8. The molecule has 0 bridgehead atoms. The highest BCUT2D eigenvalue weighted by Gasteiger charge is 2.15. The van der Waals surface area contributed by atoms with Crippen molar-refractivity contribution >= 4 is 28.5 Å². The molecular formula is C24H28N4O5. The Kier molecular flexibility index (Phi) is 8.43. The lowest BCUT2D eigenvalue weighted by atomic mass is 10.1. The van der Waals surface area contributed by atoms with Crippen LogP contribution in [0.5, 0.6) is 5.75 Å². The lowest BCUT2D eigenvalue weighted by Crippen LogP contribution is -2.37. The molecule has 4 N–H and O–H groups in total. The maximum absolute atomic E-state index is 12.0. The highest BCUT2D eigenvalue weighted by atomic mass is 16.6. The van der Waals surface area contributed by atoms with Crippen molar-refractivity contribution in [1.82, 2.24) is 15.5 Å². The molecule has 1 unspecified atom stereocenters. The van der Waals surface area contributed by atoms with Gasteiger partial charge in [-0.05, 0) is 43.2 Å². The Hall–Kier alpha value is -3.85. The minimum absolute atomic E-state index is 0.105. The molecule has 1 aromatic heterocycles. The van der Waals surface area contributed by atoms with Gasteiger partial charge in [0, 0.05) is 42.9 Å². The van der Waals surface area contributed by atoms with Gasteiger partial charge < -0.3 is 25.2 Å². The fraction of sp³-hybridized carbons (Fsp3) is 0.292. The van der Waals surface area contributed by atoms with Crippen molar-refractivity contribution in [2.45, 2.75) is 20.0 Å². The van der Waals surface area contributed by atoms with Gasteiger partial charge in [-0.25, -0.2) is 9.59 Å². The SMILES string of the molecule is Cc1cccc(C)c1NCCNCC(COc1ccc2[nH]ncc2c1)OC(=O)/C=C/C(=O)O. The van der Waals surface area contributed by atoms with Gasteiger partial charge in [0.1, 0.15) is 18.5 Å². The number of aryl methyl sites for hydroxylation is 2. The van der Waals surface area contributed by atoms with Crippen molar-refractivity contribution in [1.29, 1.82) is 0 Å². The van der Waals surface area contributed by atoms with E-state index >= 15 is 0 Å². The number of hydrogen-bond acceptors (Lipinski definition) is 7. The summed E-state index contributed by atoms with van der Waals surface area (Å²) in [6, 6.07) is 11.6. The molecule has 9 nitrogen and oxygen atoms in total. The number of carboxylic acids is 1. The molecule has 0 aliphatic carbocycles. The summed E-state index contributed by atoms with van der Waals surface area (Å²) in [5, 5.41) is 23.1. The van der Waals surface area contributed by atoms with Crippen molar-refractivity contribution in [2.75, 3.05) is 31.6 Å². The Morgan fingerprint density at radius 2 is 1.94 bits per heavy atom. The summed E-state index contributed by atoms with van der Waals surface area (Å²) in [4.78, 5) is 22.6. The summed E-state index contributed by atoms with van der Waals surface area (Å²) in [6.45, 7) is 5.88. The number of aliphatic carboxylic acids is 1. The second-order valence-corrected chi connectivity index (χ2v) is 7.56. The number of ether oxygens (including phenoxy) is 2. The molecule has 0 fully saturated rings. The van der Waals surface area contributed by atoms with Crippen molar-refractivity contribution in [3.63, 3.8) is 0 Å². The Morgan fingerprint density at radius 1 is 1.15 bits per heavy atom. The minimum Gasteiger partial charge on any atom is -0.490 e. The van der Waals surface area contributed by atoms with Crippen molar-refractivity contribution in [2.24, 2.45) is 0 Å². The van der Waals surface area contributed by atoms with Crippen LogP contribution in [-0.4, -0.2) is 59.6 Å². The van der Waals surface area contributed by atoms with E-state index in [0.717, 1.165) is 28.7 Å². The normalized spacial score (nSPS) is 12.1. The van der Waals surface area contributed by atoms with Gasteiger partial charge in [-0.15, -0.1) is 0 Å². The average Bonchev–Trinajstić information content (AvgIpc) is 3.25. The predicted molar refractivity (Wildman–Crippen MR) is 126 cm³/mol. The Labute approximate surface area is 191 Å². The molecular weight excluding hydrogens is 424 g/mol. The van der Waals surface area contributed by atoms with E-state index in [1.54, 1.807) is 12.3 Å². The van der Waals surface area contributed by atoms with E-state index < -0.39 is 18.0 Å². The number of aromatic amines is 1. The lowest BCUT2D eigenvalue weighted by molar-refractivity contribution is -0.144. The number of nitrogens with zero attached hydrogens (tertiary/aromatic N) is 1. The standard InChI is InChI=1S/C24H28N4O5/c1-16-4-3-5-17(2)24(16)26-11-10-25-14-20(33-23(31)9-8-22(29)30)15-32-19-6-7-21-18(12-19)13-27-28-21/h3-9,12-13,20,25-26H,10-11,14-15H2,1-2H3,(H,27,28)(H,29,30)/b9-8+. The zero-order chi connectivity index (χ0) is 23.6. The second-order valence-electron chi connectivity index (χ2n) is 7.56. The van der Waals surface area contributed by atoms with Gasteiger partial charge >= 0.3 is 11.9 Å². The summed E-state index contributed by atoms with van der Waals surface area (Å²) in [6.07, 6.45) is 2.71. The van der Waals surface area contributed by atoms with Crippen LogP contribution in [0.25, 0.3) is 10.9 Å². The summed E-state index contributed by atoms with van der Waals surface area (Å²) < 4.78 is 11.2. The number of aromatic nitrogens is 2. The molecule has 0 aliphatic rings. The number of carbonyl (C=O) groups is 2. The van der Waals surface area contributed by atoms with Crippen LogP contribution in [0.3, 0.4) is 0 Å². The van der Waals surface area contributed by atoms with Crippen molar-refractivity contribution < 1.29 is 24.2 Å². The van der Waals surface area contributed by atoms with E-state index in [2.05, 4.69) is 46.8 Å². The molecule has 1 heterocycles. The van der Waals surface area contributed by atoms with Crippen LogP contribution in [0, 0.1) is 13.8 Å². The summed E-state index contributed by atoms with van der Waals surface area (Å²) in [7, 11) is 0. The quantitative estimate of drug-likeness (QED) is 0.188. The van der Waals surface area contributed by atoms with E-state index in [-0.39, 0.29) is 6.61 Å². The molecule has 0 saturated carbocycles. The maximum Gasteiger partial charge on any atom is 0.331 e. The van der Waals surface area contributed by atoms with Gasteiger partial charge in [0.25, 0.3) is 0 Å². The Bertz CT molecular complexity index is 1100. The molecule has 2 aromatic carbocycles. The number of benzene rings is 2. The van der Waals surface area contributed by atoms with Crippen molar-refractivity contribution in [3.05, 3.63) is 65.9 Å². The number of esters is 1. The molecule has 33 heavy (non-hydrogen) atoms. The van der Waals surface area contributed by atoms with Crippen LogP contribution in [0.15, 0.2) is 54.7 Å². The molecule has 0 amide bonds. The first-order chi connectivity index (χ1) is 15.9. The molecule has 0 saturated heterocycles. The van der Waals surface area contributed by atoms with Crippen LogP contribution >= 0.6 is 0 Å². The summed E-state index contributed by atoms with van der Waals surface area (Å²) >= 11 is 0. The largest absolute Gasteiger partial charge is 0.490 e. The first-order valence-electron chi connectivity index (χ1n) is 10.6. The van der Waals surface area contributed by atoms with E-state index in [1.807, 2.05) is 18.2 Å². The third-order valence-electron chi connectivity index (χ3n) is 4.95. The molecule has 174 valence electrons. The molecule has 3 rings (SSSR count). The third kappa shape index (κ3) is 7.36. The monoisotopic (exact) mass is 452 g/mol. The highest BCUT2D eigenvalue weighted by Crippen LogP contribution is 2.20. The van der Waals surface area contributed by atoms with Gasteiger partial charge in [-0.2, -0.15) is 5.10 Å². The van der Waals surface area contributed by atoms with Gasteiger partial charge in [0.15, 0.2) is 0 Å². The molecule has 3 aromatic rings. The maximum atomic E-state index is 12.0. The topological polar surface area (TPSA) is 126 Å². The van der Waals surface area contributed by atoms with Gasteiger partial charge in [0.05, 0.1) is 11.7 Å². The smallest absolute Gasteiger partial charge is 0.331 e. The first-order valence-corrected chi connectivity index (χ1v) is 10.6. The van der Waals surface area contributed by atoms with E-state index in [0.29, 0.717) is 25.4 Å². The van der Waals surface area contributed by atoms with Crippen LogP contribution in [0.4, 0.5) is 5.69 Å². The minimum atomic E-state index is -1.22. The fourth-order valence-electron chi connectivity index (χ4n) is 3.31. The molecule has 9 heteroatoms. The van der Waals surface area contributed by atoms with Crippen molar-refractivity contribution in [3.8, 4) is 5.75 Å². The molecule has 0 aliphatic heterocycles.